The smallest absolute Gasteiger partial charge is 0.130 e. The predicted molar refractivity (Wildman–Crippen MR) is 69.2 cm³/mol. The molecule has 0 amide bonds. The molecule has 1 aliphatic rings. The van der Waals surface area contributed by atoms with Crippen molar-refractivity contribution in [2.24, 2.45) is 0 Å². The van der Waals surface area contributed by atoms with E-state index >= 15 is 0 Å². The molecule has 0 saturated heterocycles. The van der Waals surface area contributed by atoms with E-state index in [1.165, 1.54) is 5.57 Å². The summed E-state index contributed by atoms with van der Waals surface area (Å²) in [5.74, 6) is 0.237. The van der Waals surface area contributed by atoms with Gasteiger partial charge in [-0.05, 0) is 25.3 Å². The molecule has 0 fully saturated rings. The highest BCUT2D eigenvalue weighted by Gasteiger charge is 1.97. The topological polar surface area (TPSA) is 17.1 Å². The van der Waals surface area contributed by atoms with E-state index in [4.69, 9.17) is 0 Å². The highest BCUT2D eigenvalue weighted by molar-refractivity contribution is 5.75. The van der Waals surface area contributed by atoms with Crippen LogP contribution in [0.5, 0.6) is 0 Å². The van der Waals surface area contributed by atoms with Gasteiger partial charge in [-0.25, -0.2) is 0 Å². The Kier molecular flexibility index (Phi) is 5.27. The monoisotopic (exact) mass is 214 g/mol. The number of carbonyl (C=O) groups excluding carboxylic acids is 1. The standard InChI is InChI=1S/C15H18O/c1-13-7-5-3-4-6-8-15(11-9-13)12-10-14(2)16/h3-5,7-9,11H,1,6,10,12H2,2H3/b4-3-,7-5-,11-9?,15-8+. The Morgan fingerprint density at radius 3 is 2.88 bits per heavy atom. The zero-order valence-corrected chi connectivity index (χ0v) is 9.78. The Labute approximate surface area is 97.6 Å². The average Bonchev–Trinajstić information content (AvgIpc) is 2.25. The molecule has 16 heavy (non-hydrogen) atoms. The molecule has 0 aromatic rings. The third kappa shape index (κ3) is 5.30. The van der Waals surface area contributed by atoms with Crippen molar-refractivity contribution in [2.45, 2.75) is 26.2 Å². The zero-order valence-electron chi connectivity index (χ0n) is 9.78. The van der Waals surface area contributed by atoms with Crippen LogP contribution >= 0.6 is 0 Å². The van der Waals surface area contributed by atoms with Crippen LogP contribution in [0.3, 0.4) is 0 Å². The molecule has 0 atom stereocenters. The van der Waals surface area contributed by atoms with Crippen molar-refractivity contribution < 1.29 is 4.79 Å². The quantitative estimate of drug-likeness (QED) is 0.696. The number of allylic oxidation sites excluding steroid dienone is 9. The van der Waals surface area contributed by atoms with Crippen LogP contribution in [-0.2, 0) is 4.79 Å². The summed E-state index contributed by atoms with van der Waals surface area (Å²) in [4.78, 5) is 10.9. The van der Waals surface area contributed by atoms with Gasteiger partial charge in [-0.1, -0.05) is 54.7 Å². The highest BCUT2D eigenvalue weighted by Crippen LogP contribution is 2.12. The van der Waals surface area contributed by atoms with Crippen LogP contribution in [0, 0.1) is 0 Å². The minimum atomic E-state index is 0.237. The largest absolute Gasteiger partial charge is 0.300 e. The van der Waals surface area contributed by atoms with Crippen LogP contribution in [0.1, 0.15) is 26.2 Å². The minimum absolute atomic E-state index is 0.237. The molecule has 1 heteroatoms. The first-order valence-electron chi connectivity index (χ1n) is 5.57. The maximum absolute atomic E-state index is 10.9. The summed E-state index contributed by atoms with van der Waals surface area (Å²) in [5, 5.41) is 0. The van der Waals surface area contributed by atoms with Crippen molar-refractivity contribution >= 4 is 5.78 Å². The Morgan fingerprint density at radius 1 is 1.31 bits per heavy atom. The highest BCUT2D eigenvalue weighted by atomic mass is 16.1. The lowest BCUT2D eigenvalue weighted by molar-refractivity contribution is -0.116. The molecule has 0 bridgehead atoms. The predicted octanol–water partition coefficient (Wildman–Crippen LogP) is 3.91. The maximum atomic E-state index is 10.9. The van der Waals surface area contributed by atoms with Crippen molar-refractivity contribution in [3.8, 4) is 0 Å². The third-order valence-corrected chi connectivity index (χ3v) is 2.35. The molecule has 0 heterocycles. The Morgan fingerprint density at radius 2 is 2.12 bits per heavy atom. The number of hydrogen-bond acceptors (Lipinski definition) is 1. The van der Waals surface area contributed by atoms with E-state index in [-0.39, 0.29) is 5.78 Å². The van der Waals surface area contributed by atoms with Crippen LogP contribution in [0.2, 0.25) is 0 Å². The molecule has 0 saturated carbocycles. The molecule has 1 rings (SSSR count). The van der Waals surface area contributed by atoms with Crippen LogP contribution in [-0.4, -0.2) is 5.78 Å². The van der Waals surface area contributed by atoms with Gasteiger partial charge >= 0.3 is 0 Å². The molecule has 1 nitrogen and oxygen atoms in total. The summed E-state index contributed by atoms with van der Waals surface area (Å²) in [6, 6.07) is 0. The van der Waals surface area contributed by atoms with Gasteiger partial charge in [0.25, 0.3) is 0 Å². The fourth-order valence-corrected chi connectivity index (χ4v) is 1.40. The molecule has 84 valence electrons. The summed E-state index contributed by atoms with van der Waals surface area (Å²) < 4.78 is 0. The summed E-state index contributed by atoms with van der Waals surface area (Å²) in [7, 11) is 0. The van der Waals surface area contributed by atoms with E-state index in [0.29, 0.717) is 6.42 Å². The normalized spacial score (nSPS) is 23.3. The molecular weight excluding hydrogens is 196 g/mol. The minimum Gasteiger partial charge on any atom is -0.300 e. The fourth-order valence-electron chi connectivity index (χ4n) is 1.40. The number of carbonyl (C=O) groups is 1. The summed E-state index contributed by atoms with van der Waals surface area (Å²) in [6.07, 6.45) is 16.6. The zero-order chi connectivity index (χ0) is 11.8. The van der Waals surface area contributed by atoms with Gasteiger partial charge in [-0.2, -0.15) is 0 Å². The van der Waals surface area contributed by atoms with Gasteiger partial charge in [-0.3, -0.25) is 0 Å². The van der Waals surface area contributed by atoms with E-state index in [0.717, 1.165) is 18.4 Å². The van der Waals surface area contributed by atoms with E-state index in [1.54, 1.807) is 6.92 Å². The lowest BCUT2D eigenvalue weighted by Gasteiger charge is -2.01. The van der Waals surface area contributed by atoms with Gasteiger partial charge in [-0.15, -0.1) is 0 Å². The van der Waals surface area contributed by atoms with Crippen LogP contribution in [0.15, 0.2) is 60.3 Å². The van der Waals surface area contributed by atoms with E-state index in [2.05, 4.69) is 24.8 Å². The van der Waals surface area contributed by atoms with Crippen molar-refractivity contribution in [1.82, 2.24) is 0 Å². The van der Waals surface area contributed by atoms with Gasteiger partial charge in [0, 0.05) is 6.42 Å². The molecule has 1 aliphatic carbocycles. The van der Waals surface area contributed by atoms with E-state index in [9.17, 15) is 4.79 Å². The van der Waals surface area contributed by atoms with Gasteiger partial charge in [0.1, 0.15) is 5.78 Å². The van der Waals surface area contributed by atoms with Crippen molar-refractivity contribution in [2.75, 3.05) is 0 Å². The number of Topliss-reactive ketones (excluding diaryl/α,β-unsaturated/α-hetero) is 1. The van der Waals surface area contributed by atoms with Gasteiger partial charge in [0.05, 0.1) is 0 Å². The molecule has 0 aliphatic heterocycles. The average molecular weight is 214 g/mol. The van der Waals surface area contributed by atoms with Gasteiger partial charge in [0.15, 0.2) is 0 Å². The molecule has 0 N–H and O–H groups in total. The second kappa shape index (κ2) is 6.78. The molecular formula is C15H18O. The van der Waals surface area contributed by atoms with Gasteiger partial charge < -0.3 is 4.79 Å². The first kappa shape index (κ1) is 12.4. The summed E-state index contributed by atoms with van der Waals surface area (Å²) in [6.45, 7) is 5.55. The number of rotatable bonds is 3. The first-order valence-corrected chi connectivity index (χ1v) is 5.57. The summed E-state index contributed by atoms with van der Waals surface area (Å²) >= 11 is 0. The van der Waals surface area contributed by atoms with Crippen LogP contribution < -0.4 is 0 Å². The van der Waals surface area contributed by atoms with E-state index < -0.39 is 0 Å². The molecule has 0 aromatic carbocycles. The van der Waals surface area contributed by atoms with Crippen LogP contribution in [0.25, 0.3) is 0 Å². The lowest BCUT2D eigenvalue weighted by Crippen LogP contribution is -1.91. The van der Waals surface area contributed by atoms with Crippen LogP contribution in [0.4, 0.5) is 0 Å². The van der Waals surface area contributed by atoms with Gasteiger partial charge in [0.2, 0.25) is 0 Å². The Hall–Kier alpha value is -1.63. The van der Waals surface area contributed by atoms with E-state index in [1.807, 2.05) is 24.3 Å². The second-order valence-corrected chi connectivity index (χ2v) is 3.91. The number of ketones is 1. The molecule has 0 unspecified atom stereocenters. The second-order valence-electron chi connectivity index (χ2n) is 3.91. The molecule has 0 spiro atoms. The Balaban J connectivity index is 2.69. The SMILES string of the molecule is C=C1C=C/C(CCC(C)=O)=C\C/C=C\C=C/1. The Bertz CT molecular complexity index is 378. The fraction of sp³-hybridized carbons (Fsp3) is 0.267. The number of hydrogen-bond donors (Lipinski definition) is 0. The first-order chi connectivity index (χ1) is 7.68. The lowest BCUT2D eigenvalue weighted by atomic mass is 10.0. The van der Waals surface area contributed by atoms with Crippen molar-refractivity contribution in [3.05, 3.63) is 60.3 Å². The maximum Gasteiger partial charge on any atom is 0.130 e. The third-order valence-electron chi connectivity index (χ3n) is 2.35. The molecule has 0 radical (unpaired) electrons. The summed E-state index contributed by atoms with van der Waals surface area (Å²) in [5.41, 5.74) is 2.18. The molecule has 0 aromatic heterocycles. The van der Waals surface area contributed by atoms with Crippen molar-refractivity contribution in [1.29, 1.82) is 0 Å². The van der Waals surface area contributed by atoms with Crippen molar-refractivity contribution in [3.63, 3.8) is 0 Å².